The summed E-state index contributed by atoms with van der Waals surface area (Å²) < 4.78 is 81.3. The number of benzene rings is 2. The minimum Gasteiger partial charge on any atom is -0.369 e. The number of H-pyrrole nitrogens is 1. The fraction of sp³-hybridized carbons (Fsp3) is 0.433. The van der Waals surface area contributed by atoms with Crippen LogP contribution >= 0.6 is 0 Å². The summed E-state index contributed by atoms with van der Waals surface area (Å²) in [5, 5.41) is 0.865. The van der Waals surface area contributed by atoms with Gasteiger partial charge in [-0.05, 0) is 49.1 Å². The van der Waals surface area contributed by atoms with E-state index in [1.807, 2.05) is 29.2 Å². The lowest BCUT2D eigenvalue weighted by Gasteiger charge is -2.42. The molecule has 14 heteroatoms. The summed E-state index contributed by atoms with van der Waals surface area (Å²) in [5.41, 5.74) is 3.19. The fourth-order valence-electron chi connectivity index (χ4n) is 6.01. The molecule has 2 saturated heterocycles. The van der Waals surface area contributed by atoms with Gasteiger partial charge >= 0.3 is 12.4 Å². The van der Waals surface area contributed by atoms with Gasteiger partial charge in [-0.2, -0.15) is 26.3 Å². The zero-order valence-corrected chi connectivity index (χ0v) is 23.5. The number of piperazine rings is 1. The molecule has 3 N–H and O–H groups in total. The van der Waals surface area contributed by atoms with Gasteiger partial charge in [0.25, 0.3) is 5.91 Å². The van der Waals surface area contributed by atoms with Crippen LogP contribution in [0.15, 0.2) is 48.7 Å². The van der Waals surface area contributed by atoms with E-state index in [9.17, 15) is 40.7 Å². The Bertz CT molecular complexity index is 1510. The molecule has 1 aromatic heterocycles. The maximum Gasteiger partial charge on any atom is 0.416 e. The summed E-state index contributed by atoms with van der Waals surface area (Å²) >= 11 is 0. The third kappa shape index (κ3) is 6.85. The van der Waals surface area contributed by atoms with Crippen molar-refractivity contribution in [2.45, 2.75) is 37.7 Å². The number of alkyl halides is 6. The first-order valence-electron chi connectivity index (χ1n) is 14.2. The van der Waals surface area contributed by atoms with Crippen LogP contribution in [0.5, 0.6) is 0 Å². The SMILES string of the molecule is NC(=O)C1CCN(C(=O)CN2CCN(C(=O)c3cc(C(F)(F)F)cc(C(F)(F)F)c3)[C@H](Cc3c[nH]c4ccccc34)C2)CC1. The first-order chi connectivity index (χ1) is 20.7. The number of hydrogen-bond acceptors (Lipinski definition) is 4. The fourth-order valence-corrected chi connectivity index (χ4v) is 6.01. The number of hydrogen-bond donors (Lipinski definition) is 2. The third-order valence-electron chi connectivity index (χ3n) is 8.40. The molecule has 2 fully saturated rings. The average molecular weight is 624 g/mol. The van der Waals surface area contributed by atoms with Crippen molar-refractivity contribution >= 4 is 28.6 Å². The first-order valence-corrected chi connectivity index (χ1v) is 14.2. The highest BCUT2D eigenvalue weighted by Crippen LogP contribution is 2.37. The molecule has 0 bridgehead atoms. The highest BCUT2D eigenvalue weighted by Gasteiger charge is 2.39. The number of para-hydroxylation sites is 1. The van der Waals surface area contributed by atoms with Crippen molar-refractivity contribution in [3.63, 3.8) is 0 Å². The van der Waals surface area contributed by atoms with Gasteiger partial charge in [0.2, 0.25) is 11.8 Å². The van der Waals surface area contributed by atoms with E-state index in [4.69, 9.17) is 5.73 Å². The number of primary amides is 1. The Morgan fingerprint density at radius 1 is 0.886 bits per heavy atom. The summed E-state index contributed by atoms with van der Waals surface area (Å²) in [5.74, 6) is -1.82. The molecule has 0 spiro atoms. The monoisotopic (exact) mass is 623 g/mol. The van der Waals surface area contributed by atoms with Crippen LogP contribution in [0.2, 0.25) is 0 Å². The van der Waals surface area contributed by atoms with Gasteiger partial charge in [-0.25, -0.2) is 0 Å². The van der Waals surface area contributed by atoms with Crippen LogP contribution < -0.4 is 5.73 Å². The lowest BCUT2D eigenvalue weighted by molar-refractivity contribution is -0.143. The number of carbonyl (C=O) groups excluding carboxylic acids is 3. The number of halogens is 6. The standard InChI is InChI=1S/C30H31F6N5O3/c31-29(32,33)21-11-19(12-22(14-21)30(34,35)36)28(44)41-10-9-39(17-26(42)40-7-5-18(6-8-40)27(37)43)16-23(41)13-20-15-38-25-4-2-1-3-24(20)25/h1-4,11-12,14-15,18,23,38H,5-10,13,16-17H2,(H2,37,43)/t23-/m1/s1. The Hall–Kier alpha value is -4.07. The van der Waals surface area contributed by atoms with Crippen LogP contribution in [0.25, 0.3) is 10.9 Å². The van der Waals surface area contributed by atoms with Crippen LogP contribution in [0.4, 0.5) is 26.3 Å². The van der Waals surface area contributed by atoms with Crippen molar-refractivity contribution in [3.8, 4) is 0 Å². The molecule has 2 aliphatic rings. The highest BCUT2D eigenvalue weighted by molar-refractivity contribution is 5.95. The summed E-state index contributed by atoms with van der Waals surface area (Å²) in [4.78, 5) is 46.2. The minimum atomic E-state index is -5.09. The number of fused-ring (bicyclic) bond motifs is 1. The van der Waals surface area contributed by atoms with Crippen LogP contribution in [-0.4, -0.2) is 82.7 Å². The van der Waals surface area contributed by atoms with E-state index in [1.165, 1.54) is 4.90 Å². The molecule has 0 radical (unpaired) electrons. The van der Waals surface area contributed by atoms with Crippen molar-refractivity contribution in [1.29, 1.82) is 0 Å². The Kier molecular flexibility index (Phi) is 8.65. The molecule has 2 aliphatic heterocycles. The number of aromatic amines is 1. The molecule has 3 heterocycles. The number of aromatic nitrogens is 1. The molecular weight excluding hydrogens is 592 g/mol. The molecule has 236 valence electrons. The second kappa shape index (κ2) is 12.1. The van der Waals surface area contributed by atoms with Gasteiger partial charge in [-0.1, -0.05) is 18.2 Å². The summed E-state index contributed by atoms with van der Waals surface area (Å²) in [6.07, 6.45) is -7.26. The zero-order chi connectivity index (χ0) is 31.8. The van der Waals surface area contributed by atoms with Gasteiger partial charge in [0.05, 0.1) is 17.7 Å². The molecule has 5 rings (SSSR count). The topological polar surface area (TPSA) is 103 Å². The van der Waals surface area contributed by atoms with Crippen LogP contribution in [0.3, 0.4) is 0 Å². The number of nitrogens with one attached hydrogen (secondary N) is 1. The Balaban J connectivity index is 1.40. The van der Waals surface area contributed by atoms with E-state index in [0.29, 0.717) is 38.1 Å². The van der Waals surface area contributed by atoms with Gasteiger partial charge in [0.1, 0.15) is 0 Å². The number of piperidine rings is 1. The summed E-state index contributed by atoms with van der Waals surface area (Å²) in [6, 6.07) is 7.63. The molecule has 0 unspecified atom stereocenters. The zero-order valence-electron chi connectivity index (χ0n) is 23.5. The molecule has 8 nitrogen and oxygen atoms in total. The summed E-state index contributed by atoms with van der Waals surface area (Å²) in [7, 11) is 0. The highest BCUT2D eigenvalue weighted by atomic mass is 19.4. The van der Waals surface area contributed by atoms with Gasteiger partial charge in [0.15, 0.2) is 0 Å². The molecule has 1 atom stereocenters. The third-order valence-corrected chi connectivity index (χ3v) is 8.40. The minimum absolute atomic E-state index is 0.00398. The number of likely N-dealkylation sites (tertiary alicyclic amines) is 1. The van der Waals surface area contributed by atoms with Crippen molar-refractivity contribution in [1.82, 2.24) is 19.7 Å². The molecule has 2 aromatic carbocycles. The molecule has 44 heavy (non-hydrogen) atoms. The van der Waals surface area contributed by atoms with E-state index in [-0.39, 0.29) is 50.5 Å². The Morgan fingerprint density at radius 2 is 1.52 bits per heavy atom. The van der Waals surface area contributed by atoms with Crippen molar-refractivity contribution < 1.29 is 40.7 Å². The lowest BCUT2D eigenvalue weighted by atomic mass is 9.96. The molecule has 3 amide bonds. The van der Waals surface area contributed by atoms with Crippen LogP contribution in [-0.2, 0) is 28.4 Å². The smallest absolute Gasteiger partial charge is 0.369 e. The number of nitrogens with zero attached hydrogens (tertiary/aromatic N) is 3. The maximum absolute atomic E-state index is 13.7. The van der Waals surface area contributed by atoms with Crippen molar-refractivity contribution in [2.75, 3.05) is 39.3 Å². The molecule has 0 saturated carbocycles. The number of rotatable bonds is 6. The van der Waals surface area contributed by atoms with Gasteiger partial charge in [0, 0.05) is 67.3 Å². The molecule has 0 aliphatic carbocycles. The molecule has 3 aromatic rings. The maximum atomic E-state index is 13.7. The Morgan fingerprint density at radius 3 is 2.14 bits per heavy atom. The largest absolute Gasteiger partial charge is 0.416 e. The summed E-state index contributed by atoms with van der Waals surface area (Å²) in [6.45, 7) is 1.10. The molecular formula is C30H31F6N5O3. The van der Waals surface area contributed by atoms with Gasteiger partial charge in [-0.15, -0.1) is 0 Å². The van der Waals surface area contributed by atoms with E-state index in [1.54, 1.807) is 11.1 Å². The second-order valence-electron chi connectivity index (χ2n) is 11.3. The van der Waals surface area contributed by atoms with Crippen molar-refractivity contribution in [3.05, 3.63) is 70.9 Å². The normalized spacial score (nSPS) is 19.0. The number of nitrogens with two attached hydrogens (primary N) is 1. The van der Waals surface area contributed by atoms with Gasteiger partial charge in [-0.3, -0.25) is 19.3 Å². The predicted octanol–water partition coefficient (Wildman–Crippen LogP) is 4.30. The number of amides is 3. The van der Waals surface area contributed by atoms with E-state index in [0.717, 1.165) is 16.5 Å². The Labute approximate surface area is 248 Å². The van der Waals surface area contributed by atoms with Crippen LogP contribution in [0, 0.1) is 5.92 Å². The second-order valence-corrected chi connectivity index (χ2v) is 11.3. The average Bonchev–Trinajstić information content (AvgIpc) is 3.38. The lowest BCUT2D eigenvalue weighted by Crippen LogP contribution is -2.58. The van der Waals surface area contributed by atoms with Crippen molar-refractivity contribution in [2.24, 2.45) is 11.7 Å². The van der Waals surface area contributed by atoms with E-state index >= 15 is 0 Å². The van der Waals surface area contributed by atoms with E-state index < -0.39 is 46.9 Å². The van der Waals surface area contributed by atoms with Crippen LogP contribution in [0.1, 0.15) is 39.9 Å². The quantitative estimate of drug-likeness (QED) is 0.400. The van der Waals surface area contributed by atoms with E-state index in [2.05, 4.69) is 4.98 Å². The first kappa shape index (κ1) is 31.4. The predicted molar refractivity (Wildman–Crippen MR) is 148 cm³/mol. The van der Waals surface area contributed by atoms with Gasteiger partial charge < -0.3 is 20.5 Å². The number of carbonyl (C=O) groups is 3.